The summed E-state index contributed by atoms with van der Waals surface area (Å²) in [6.45, 7) is 0.451. The minimum Gasteiger partial charge on any atom is -0.497 e. The minimum absolute atomic E-state index is 0.196. The Bertz CT molecular complexity index is 877. The molecule has 26 heavy (non-hydrogen) atoms. The lowest BCUT2D eigenvalue weighted by Gasteiger charge is -2.09. The van der Waals surface area contributed by atoms with Crippen LogP contribution in [0.25, 0.3) is 0 Å². The lowest BCUT2D eigenvalue weighted by molar-refractivity contribution is 0.102. The number of anilines is 1. The molecule has 0 aliphatic heterocycles. The highest BCUT2D eigenvalue weighted by Gasteiger charge is 2.07. The molecule has 1 N–H and O–H groups in total. The van der Waals surface area contributed by atoms with Crippen molar-refractivity contribution < 1.29 is 14.3 Å². The van der Waals surface area contributed by atoms with Gasteiger partial charge in [0.1, 0.15) is 18.1 Å². The fraction of sp³-hybridized carbons (Fsp3) is 0.0952. The number of carbonyl (C=O) groups excluding carboxylic acids is 1. The molecule has 0 heterocycles. The van der Waals surface area contributed by atoms with E-state index in [9.17, 15) is 4.79 Å². The molecule has 3 aromatic rings. The van der Waals surface area contributed by atoms with Gasteiger partial charge in [0.2, 0.25) is 0 Å². The van der Waals surface area contributed by atoms with Gasteiger partial charge in [0.05, 0.1) is 7.11 Å². The van der Waals surface area contributed by atoms with Crippen molar-refractivity contribution in [3.63, 3.8) is 0 Å². The first-order chi connectivity index (χ1) is 12.6. The zero-order chi connectivity index (χ0) is 18.4. The number of ether oxygens (including phenoxy) is 2. The summed E-state index contributed by atoms with van der Waals surface area (Å²) in [4.78, 5) is 12.3. The zero-order valence-corrected chi connectivity index (χ0v) is 15.0. The number of amides is 1. The molecule has 0 radical (unpaired) electrons. The number of halogens is 1. The van der Waals surface area contributed by atoms with E-state index < -0.39 is 0 Å². The molecule has 0 saturated carbocycles. The topological polar surface area (TPSA) is 47.6 Å². The van der Waals surface area contributed by atoms with Gasteiger partial charge < -0.3 is 14.8 Å². The maximum absolute atomic E-state index is 12.3. The Balaban J connectivity index is 1.58. The summed E-state index contributed by atoms with van der Waals surface area (Å²) in [5.41, 5.74) is 2.26. The third kappa shape index (κ3) is 4.77. The van der Waals surface area contributed by atoms with Crippen LogP contribution in [0.2, 0.25) is 5.02 Å². The number of hydrogen-bond acceptors (Lipinski definition) is 3. The van der Waals surface area contributed by atoms with Crippen molar-refractivity contribution in [2.75, 3.05) is 12.4 Å². The van der Waals surface area contributed by atoms with E-state index in [1.54, 1.807) is 43.5 Å². The van der Waals surface area contributed by atoms with Crippen molar-refractivity contribution in [1.82, 2.24) is 0 Å². The molecule has 1 amide bonds. The molecule has 3 aromatic carbocycles. The van der Waals surface area contributed by atoms with Crippen LogP contribution in [0.3, 0.4) is 0 Å². The van der Waals surface area contributed by atoms with Crippen LogP contribution < -0.4 is 14.8 Å². The number of nitrogens with one attached hydrogen (secondary N) is 1. The van der Waals surface area contributed by atoms with Gasteiger partial charge in [0, 0.05) is 16.3 Å². The average Bonchev–Trinajstić information content (AvgIpc) is 2.68. The second-order valence-corrected chi connectivity index (χ2v) is 6.06. The fourth-order valence-electron chi connectivity index (χ4n) is 2.35. The predicted octanol–water partition coefficient (Wildman–Crippen LogP) is 5.18. The van der Waals surface area contributed by atoms with E-state index in [4.69, 9.17) is 21.1 Å². The Kier molecular flexibility index (Phi) is 5.77. The molecular weight excluding hydrogens is 350 g/mol. The summed E-state index contributed by atoms with van der Waals surface area (Å²) in [6.07, 6.45) is 0. The molecule has 0 aromatic heterocycles. The summed E-state index contributed by atoms with van der Waals surface area (Å²) in [6, 6.07) is 21.7. The molecule has 5 heteroatoms. The van der Waals surface area contributed by atoms with Gasteiger partial charge in [0.15, 0.2) is 0 Å². The van der Waals surface area contributed by atoms with Crippen molar-refractivity contribution in [2.24, 2.45) is 0 Å². The molecule has 3 rings (SSSR count). The van der Waals surface area contributed by atoms with Crippen LogP contribution in [0.4, 0.5) is 5.69 Å². The van der Waals surface area contributed by atoms with Crippen molar-refractivity contribution >= 4 is 23.2 Å². The highest BCUT2D eigenvalue weighted by atomic mass is 35.5. The van der Waals surface area contributed by atoms with Crippen LogP contribution in [0.15, 0.2) is 72.8 Å². The smallest absolute Gasteiger partial charge is 0.255 e. The summed E-state index contributed by atoms with van der Waals surface area (Å²) in [5, 5.41) is 3.55. The van der Waals surface area contributed by atoms with E-state index >= 15 is 0 Å². The van der Waals surface area contributed by atoms with Crippen molar-refractivity contribution in [2.45, 2.75) is 6.61 Å². The molecule has 0 aliphatic carbocycles. The molecule has 0 saturated heterocycles. The summed E-state index contributed by atoms with van der Waals surface area (Å²) in [5.74, 6) is 1.17. The van der Waals surface area contributed by atoms with Crippen LogP contribution in [-0.2, 0) is 6.61 Å². The summed E-state index contributed by atoms with van der Waals surface area (Å²) in [7, 11) is 1.57. The Hall–Kier alpha value is -2.98. The van der Waals surface area contributed by atoms with Crippen LogP contribution in [-0.4, -0.2) is 13.0 Å². The first-order valence-electron chi connectivity index (χ1n) is 8.07. The van der Waals surface area contributed by atoms with E-state index in [1.807, 2.05) is 36.4 Å². The van der Waals surface area contributed by atoms with E-state index in [0.717, 1.165) is 11.3 Å². The largest absolute Gasteiger partial charge is 0.497 e. The van der Waals surface area contributed by atoms with Gasteiger partial charge in [0.25, 0.3) is 5.91 Å². The third-order valence-electron chi connectivity index (χ3n) is 3.76. The fourth-order valence-corrected chi connectivity index (χ4v) is 2.48. The number of hydrogen-bond donors (Lipinski definition) is 1. The molecule has 0 atom stereocenters. The molecule has 0 bridgehead atoms. The zero-order valence-electron chi connectivity index (χ0n) is 14.2. The normalized spacial score (nSPS) is 10.2. The van der Waals surface area contributed by atoms with Crippen LogP contribution in [0.1, 0.15) is 15.9 Å². The van der Waals surface area contributed by atoms with Crippen molar-refractivity contribution in [3.05, 3.63) is 88.9 Å². The molecule has 0 unspecified atom stereocenters. The maximum atomic E-state index is 12.3. The average molecular weight is 368 g/mol. The first kappa shape index (κ1) is 17.8. The number of carbonyl (C=O) groups is 1. The van der Waals surface area contributed by atoms with Gasteiger partial charge in [-0.3, -0.25) is 4.79 Å². The molecule has 0 aliphatic rings. The maximum Gasteiger partial charge on any atom is 0.255 e. The number of methoxy groups -OCH3 is 1. The second-order valence-electron chi connectivity index (χ2n) is 5.63. The van der Waals surface area contributed by atoms with Gasteiger partial charge >= 0.3 is 0 Å². The summed E-state index contributed by atoms with van der Waals surface area (Å²) < 4.78 is 10.9. The second kappa shape index (κ2) is 8.41. The van der Waals surface area contributed by atoms with Crippen LogP contribution >= 0.6 is 11.6 Å². The van der Waals surface area contributed by atoms with E-state index in [0.29, 0.717) is 28.6 Å². The van der Waals surface area contributed by atoms with E-state index in [2.05, 4.69) is 5.32 Å². The van der Waals surface area contributed by atoms with E-state index in [-0.39, 0.29) is 5.91 Å². The lowest BCUT2D eigenvalue weighted by atomic mass is 10.2. The highest BCUT2D eigenvalue weighted by molar-refractivity contribution is 6.30. The van der Waals surface area contributed by atoms with Gasteiger partial charge in [-0.05, 0) is 60.2 Å². The van der Waals surface area contributed by atoms with Gasteiger partial charge in [-0.1, -0.05) is 29.8 Å². The van der Waals surface area contributed by atoms with Crippen molar-refractivity contribution in [1.29, 1.82) is 0 Å². The number of benzene rings is 3. The van der Waals surface area contributed by atoms with Crippen LogP contribution in [0, 0.1) is 0 Å². The van der Waals surface area contributed by atoms with Gasteiger partial charge in [-0.2, -0.15) is 0 Å². The molecule has 132 valence electrons. The Morgan fingerprint density at radius 3 is 2.38 bits per heavy atom. The number of rotatable bonds is 6. The third-order valence-corrected chi connectivity index (χ3v) is 4.01. The van der Waals surface area contributed by atoms with Crippen molar-refractivity contribution in [3.8, 4) is 11.5 Å². The molecule has 0 spiro atoms. The lowest BCUT2D eigenvalue weighted by Crippen LogP contribution is -2.11. The Labute approximate surface area is 157 Å². The summed E-state index contributed by atoms with van der Waals surface area (Å²) >= 11 is 5.87. The molecular formula is C21H18ClNO3. The quantitative estimate of drug-likeness (QED) is 0.653. The van der Waals surface area contributed by atoms with Gasteiger partial charge in [-0.15, -0.1) is 0 Å². The Morgan fingerprint density at radius 2 is 1.69 bits per heavy atom. The first-order valence-corrected chi connectivity index (χ1v) is 8.44. The molecule has 4 nitrogen and oxygen atoms in total. The SMILES string of the molecule is COc1cccc(C(=O)Nc2ccc(OCc3ccc(Cl)cc3)cc2)c1. The monoisotopic (exact) mass is 367 g/mol. The predicted molar refractivity (Wildman–Crippen MR) is 103 cm³/mol. The minimum atomic E-state index is -0.196. The molecule has 0 fully saturated rings. The van der Waals surface area contributed by atoms with Gasteiger partial charge in [-0.25, -0.2) is 0 Å². The van der Waals surface area contributed by atoms with Crippen LogP contribution in [0.5, 0.6) is 11.5 Å². The Morgan fingerprint density at radius 1 is 0.962 bits per heavy atom. The highest BCUT2D eigenvalue weighted by Crippen LogP contribution is 2.19. The standard InChI is InChI=1S/C21H18ClNO3/c1-25-20-4-2-3-16(13-20)21(24)23-18-9-11-19(12-10-18)26-14-15-5-7-17(22)8-6-15/h2-13H,14H2,1H3,(H,23,24). The van der Waals surface area contributed by atoms with E-state index in [1.165, 1.54) is 0 Å².